The number of benzene rings is 2. The molecule has 0 radical (unpaired) electrons. The highest BCUT2D eigenvalue weighted by atomic mass is 19.1. The largest absolute Gasteiger partial charge is 0.343 e. The van der Waals surface area contributed by atoms with Gasteiger partial charge in [0.05, 0.1) is 17.5 Å². The summed E-state index contributed by atoms with van der Waals surface area (Å²) in [5.41, 5.74) is 1.87. The van der Waals surface area contributed by atoms with Gasteiger partial charge in [-0.1, -0.05) is 12.1 Å². The van der Waals surface area contributed by atoms with E-state index in [1.807, 2.05) is 24.3 Å². The first-order valence-corrected chi connectivity index (χ1v) is 7.45. The van der Waals surface area contributed by atoms with E-state index in [0.29, 0.717) is 22.7 Å². The first kappa shape index (κ1) is 14.4. The van der Waals surface area contributed by atoms with Crippen LogP contribution in [0.25, 0.3) is 11.0 Å². The van der Waals surface area contributed by atoms with Crippen molar-refractivity contribution in [2.24, 2.45) is 0 Å². The van der Waals surface area contributed by atoms with Crippen LogP contribution in [0.3, 0.4) is 0 Å². The average molecular weight is 324 g/mol. The normalized spacial score (nSPS) is 16.5. The zero-order valence-electron chi connectivity index (χ0n) is 12.5. The first-order chi connectivity index (χ1) is 11.6. The van der Waals surface area contributed by atoms with E-state index in [-0.39, 0.29) is 24.1 Å². The molecule has 120 valence electrons. The lowest BCUT2D eigenvalue weighted by Gasteiger charge is -2.23. The second kappa shape index (κ2) is 5.45. The molecule has 3 aromatic rings. The summed E-state index contributed by atoms with van der Waals surface area (Å²) in [5, 5.41) is 5.66. The molecule has 1 aromatic heterocycles. The van der Waals surface area contributed by atoms with Crippen molar-refractivity contribution in [1.29, 1.82) is 0 Å². The number of carbonyl (C=O) groups is 2. The third kappa shape index (κ3) is 2.40. The molecule has 7 heteroatoms. The summed E-state index contributed by atoms with van der Waals surface area (Å²) in [7, 11) is 0. The summed E-state index contributed by atoms with van der Waals surface area (Å²) in [6.07, 6.45) is 0.0143. The number of hydrogen-bond donors (Lipinski definition) is 2. The van der Waals surface area contributed by atoms with E-state index in [1.165, 1.54) is 28.8 Å². The van der Waals surface area contributed by atoms with E-state index in [2.05, 4.69) is 15.6 Å². The fourth-order valence-electron chi connectivity index (χ4n) is 2.77. The molecule has 2 heterocycles. The molecule has 4 rings (SSSR count). The van der Waals surface area contributed by atoms with E-state index >= 15 is 0 Å². The lowest BCUT2D eigenvalue weighted by Crippen LogP contribution is -2.42. The highest BCUT2D eigenvalue weighted by molar-refractivity contribution is 6.04. The van der Waals surface area contributed by atoms with Crippen LogP contribution in [0.2, 0.25) is 0 Å². The molecule has 0 aliphatic carbocycles. The molecule has 1 aliphatic heterocycles. The van der Waals surface area contributed by atoms with Crippen LogP contribution in [0, 0.1) is 5.82 Å². The van der Waals surface area contributed by atoms with Gasteiger partial charge >= 0.3 is 0 Å². The predicted octanol–water partition coefficient (Wildman–Crippen LogP) is 2.64. The van der Waals surface area contributed by atoms with Gasteiger partial charge in [0.25, 0.3) is 0 Å². The molecule has 2 N–H and O–H groups in total. The number of rotatable bonds is 2. The first-order valence-electron chi connectivity index (χ1n) is 7.45. The van der Waals surface area contributed by atoms with Crippen LogP contribution in [0.1, 0.15) is 11.2 Å². The van der Waals surface area contributed by atoms with Crippen molar-refractivity contribution in [2.45, 2.75) is 12.5 Å². The van der Waals surface area contributed by atoms with Crippen LogP contribution in [0.15, 0.2) is 48.5 Å². The third-order valence-corrected chi connectivity index (χ3v) is 3.92. The van der Waals surface area contributed by atoms with E-state index in [4.69, 9.17) is 0 Å². The van der Waals surface area contributed by atoms with E-state index in [1.54, 1.807) is 0 Å². The highest BCUT2D eigenvalue weighted by Crippen LogP contribution is 2.25. The average Bonchev–Trinajstić information content (AvgIpc) is 2.95. The number of nitrogens with zero attached hydrogens (tertiary/aromatic N) is 2. The Morgan fingerprint density at radius 3 is 2.75 bits per heavy atom. The van der Waals surface area contributed by atoms with Gasteiger partial charge in [-0.25, -0.2) is 13.9 Å². The molecule has 2 aromatic carbocycles. The van der Waals surface area contributed by atoms with Crippen LogP contribution >= 0.6 is 0 Å². The number of halogens is 1. The maximum absolute atomic E-state index is 12.9. The number of fused-ring (bicyclic) bond motifs is 3. The van der Waals surface area contributed by atoms with E-state index in [9.17, 15) is 14.0 Å². The van der Waals surface area contributed by atoms with Gasteiger partial charge in [0, 0.05) is 5.69 Å². The van der Waals surface area contributed by atoms with Crippen LogP contribution in [0.5, 0.6) is 0 Å². The minimum absolute atomic E-state index is 0.0143. The molecule has 0 saturated carbocycles. The van der Waals surface area contributed by atoms with Crippen molar-refractivity contribution in [1.82, 2.24) is 9.55 Å². The second-order valence-electron chi connectivity index (χ2n) is 5.55. The minimum atomic E-state index is -0.730. The van der Waals surface area contributed by atoms with Crippen molar-refractivity contribution in [3.05, 3.63) is 54.3 Å². The van der Waals surface area contributed by atoms with Crippen LogP contribution < -0.4 is 10.6 Å². The van der Waals surface area contributed by atoms with Gasteiger partial charge < -0.3 is 10.6 Å². The Labute approximate surface area is 136 Å². The van der Waals surface area contributed by atoms with Gasteiger partial charge in [-0.3, -0.25) is 9.59 Å². The molecule has 24 heavy (non-hydrogen) atoms. The van der Waals surface area contributed by atoms with E-state index < -0.39 is 6.04 Å². The van der Waals surface area contributed by atoms with E-state index in [0.717, 1.165) is 0 Å². The number of nitrogens with one attached hydrogen (secondary N) is 2. The standard InChI is InChI=1S/C17H13FN4O2/c18-10-5-7-11(8-6-10)19-16(24)13-9-15(23)22-14-4-2-1-3-12(14)20-17(22)21-13/h1-8,13H,9H2,(H,19,24)(H,20,21)/t13-/m1/s1. The molecule has 0 saturated heterocycles. The Morgan fingerprint density at radius 1 is 1.21 bits per heavy atom. The zero-order chi connectivity index (χ0) is 16.7. The van der Waals surface area contributed by atoms with Gasteiger partial charge in [-0.05, 0) is 36.4 Å². The summed E-state index contributed by atoms with van der Waals surface area (Å²) in [5.74, 6) is -0.593. The molecular weight excluding hydrogens is 311 g/mol. The van der Waals surface area contributed by atoms with Crippen molar-refractivity contribution in [3.63, 3.8) is 0 Å². The number of hydrogen-bond acceptors (Lipinski definition) is 4. The number of carbonyl (C=O) groups excluding carboxylic acids is 2. The minimum Gasteiger partial charge on any atom is -0.343 e. The number of imidazole rings is 1. The Bertz CT molecular complexity index is 949. The van der Waals surface area contributed by atoms with Crippen molar-refractivity contribution < 1.29 is 14.0 Å². The monoisotopic (exact) mass is 324 g/mol. The topological polar surface area (TPSA) is 76.0 Å². The van der Waals surface area contributed by atoms with Crippen LogP contribution in [-0.2, 0) is 4.79 Å². The zero-order valence-corrected chi connectivity index (χ0v) is 12.5. The van der Waals surface area contributed by atoms with Gasteiger partial charge in [-0.15, -0.1) is 0 Å². The second-order valence-corrected chi connectivity index (χ2v) is 5.55. The lowest BCUT2D eigenvalue weighted by atomic mass is 10.1. The summed E-state index contributed by atoms with van der Waals surface area (Å²) in [6.45, 7) is 0. The van der Waals surface area contributed by atoms with Crippen molar-refractivity contribution in [3.8, 4) is 0 Å². The molecule has 0 spiro atoms. The molecule has 6 nitrogen and oxygen atoms in total. The number of amides is 1. The molecule has 0 bridgehead atoms. The van der Waals surface area contributed by atoms with Gasteiger partial charge in [0.1, 0.15) is 11.9 Å². The van der Waals surface area contributed by atoms with Gasteiger partial charge in [0.15, 0.2) is 0 Å². The fourth-order valence-corrected chi connectivity index (χ4v) is 2.77. The number of anilines is 2. The Morgan fingerprint density at radius 2 is 1.96 bits per heavy atom. The van der Waals surface area contributed by atoms with Gasteiger partial charge in [-0.2, -0.15) is 0 Å². The predicted molar refractivity (Wildman–Crippen MR) is 87.4 cm³/mol. The number of para-hydroxylation sites is 2. The summed E-state index contributed by atoms with van der Waals surface area (Å²) in [4.78, 5) is 29.1. The van der Waals surface area contributed by atoms with Crippen LogP contribution in [0.4, 0.5) is 16.0 Å². The Kier molecular flexibility index (Phi) is 3.26. The lowest BCUT2D eigenvalue weighted by molar-refractivity contribution is -0.117. The quantitative estimate of drug-likeness (QED) is 0.760. The molecular formula is C17H13FN4O2. The third-order valence-electron chi connectivity index (χ3n) is 3.92. The highest BCUT2D eigenvalue weighted by Gasteiger charge is 2.31. The fraction of sp³-hybridized carbons (Fsp3) is 0.118. The summed E-state index contributed by atoms with van der Waals surface area (Å²) in [6, 6.07) is 12.0. The summed E-state index contributed by atoms with van der Waals surface area (Å²) < 4.78 is 14.4. The smallest absolute Gasteiger partial charge is 0.247 e. The van der Waals surface area contributed by atoms with Crippen molar-refractivity contribution in [2.75, 3.05) is 10.6 Å². The Hall–Kier alpha value is -3.22. The molecule has 1 aliphatic rings. The van der Waals surface area contributed by atoms with Crippen LogP contribution in [-0.4, -0.2) is 27.4 Å². The maximum atomic E-state index is 12.9. The SMILES string of the molecule is O=C(Nc1ccc(F)cc1)[C@H]1CC(=O)n2c(nc3ccccc32)N1. The molecule has 0 fully saturated rings. The molecule has 1 atom stereocenters. The summed E-state index contributed by atoms with van der Waals surface area (Å²) >= 11 is 0. The van der Waals surface area contributed by atoms with Crippen molar-refractivity contribution >= 4 is 34.5 Å². The Balaban J connectivity index is 1.59. The van der Waals surface area contributed by atoms with Gasteiger partial charge in [0.2, 0.25) is 17.8 Å². The maximum Gasteiger partial charge on any atom is 0.247 e. The number of aromatic nitrogens is 2. The molecule has 0 unspecified atom stereocenters. The molecule has 1 amide bonds.